The van der Waals surface area contributed by atoms with Crippen LogP contribution in [0.5, 0.6) is 0 Å². The molecule has 1 N–H and O–H groups in total. The van der Waals surface area contributed by atoms with Crippen LogP contribution in [0, 0.1) is 27.2 Å². The second kappa shape index (κ2) is 7.40. The molecular weight excluding hydrogens is 369 g/mol. The third-order valence-corrected chi connectivity index (χ3v) is 3.62. The van der Waals surface area contributed by atoms with Crippen molar-refractivity contribution in [1.29, 1.82) is 0 Å². The summed E-state index contributed by atoms with van der Waals surface area (Å²) >= 11 is 0. The summed E-state index contributed by atoms with van der Waals surface area (Å²) in [6.45, 7) is 3.41. The molecule has 27 heavy (non-hydrogen) atoms. The summed E-state index contributed by atoms with van der Waals surface area (Å²) in [6, 6.07) is 7.46. The van der Waals surface area contributed by atoms with Gasteiger partial charge in [0.2, 0.25) is 5.69 Å². The molecular formula is C16H13F3N4O4. The monoisotopic (exact) mass is 382 g/mol. The van der Waals surface area contributed by atoms with E-state index in [1.807, 2.05) is 6.92 Å². The van der Waals surface area contributed by atoms with E-state index in [0.29, 0.717) is 11.3 Å². The molecule has 0 atom stereocenters. The number of alkyl halides is 3. The average Bonchev–Trinajstić information content (AvgIpc) is 2.58. The number of anilines is 1. The van der Waals surface area contributed by atoms with Crippen molar-refractivity contribution in [1.82, 2.24) is 0 Å². The van der Waals surface area contributed by atoms with Crippen LogP contribution in [-0.4, -0.2) is 15.6 Å². The Morgan fingerprint density at radius 1 is 1.04 bits per heavy atom. The number of aryl methyl sites for hydroxylation is 1. The van der Waals surface area contributed by atoms with E-state index in [0.717, 1.165) is 5.56 Å². The molecule has 0 saturated carbocycles. The number of rotatable bonds is 5. The summed E-state index contributed by atoms with van der Waals surface area (Å²) in [4.78, 5) is 20.0. The van der Waals surface area contributed by atoms with E-state index in [-0.39, 0.29) is 12.1 Å². The van der Waals surface area contributed by atoms with Crippen molar-refractivity contribution in [3.63, 3.8) is 0 Å². The van der Waals surface area contributed by atoms with Gasteiger partial charge in [0, 0.05) is 12.1 Å². The molecule has 0 unspecified atom stereocenters. The van der Waals surface area contributed by atoms with Crippen molar-refractivity contribution in [2.24, 2.45) is 5.10 Å². The van der Waals surface area contributed by atoms with Gasteiger partial charge in [-0.15, -0.1) is 0 Å². The van der Waals surface area contributed by atoms with Crippen LogP contribution in [0.15, 0.2) is 41.5 Å². The first-order valence-corrected chi connectivity index (χ1v) is 7.42. The van der Waals surface area contributed by atoms with Crippen molar-refractivity contribution in [3.05, 3.63) is 73.3 Å². The van der Waals surface area contributed by atoms with E-state index < -0.39 is 38.6 Å². The maximum atomic E-state index is 12.9. The minimum atomic E-state index is -4.98. The number of hydrazone groups is 1. The Kier molecular flexibility index (Phi) is 5.43. The van der Waals surface area contributed by atoms with Gasteiger partial charge in [-0.1, -0.05) is 29.8 Å². The Morgan fingerprint density at radius 2 is 1.52 bits per heavy atom. The predicted octanol–water partition coefficient (Wildman–Crippen LogP) is 4.67. The highest BCUT2D eigenvalue weighted by Gasteiger charge is 2.37. The Bertz CT molecular complexity index is 889. The molecule has 0 bridgehead atoms. The number of nitrogens with one attached hydrogen (secondary N) is 1. The summed E-state index contributed by atoms with van der Waals surface area (Å²) in [5.41, 5.74) is -0.311. The Labute approximate surface area is 150 Å². The van der Waals surface area contributed by atoms with Crippen LogP contribution < -0.4 is 5.43 Å². The Balaban J connectivity index is 2.54. The van der Waals surface area contributed by atoms with Crippen LogP contribution in [-0.2, 0) is 6.18 Å². The second-order valence-electron chi connectivity index (χ2n) is 5.58. The van der Waals surface area contributed by atoms with E-state index in [4.69, 9.17) is 0 Å². The standard InChI is InChI=1S/C16H13F3N4O4/c1-9-3-5-11(6-4-9)10(2)20-21-15-13(22(24)25)7-12(16(17,18)19)8-14(15)23(26)27/h3-8,21H,1-2H3/b20-10-. The van der Waals surface area contributed by atoms with E-state index in [1.165, 1.54) is 0 Å². The van der Waals surface area contributed by atoms with Crippen molar-refractivity contribution < 1.29 is 23.0 Å². The van der Waals surface area contributed by atoms with Crippen LogP contribution in [0.25, 0.3) is 0 Å². The van der Waals surface area contributed by atoms with Gasteiger partial charge >= 0.3 is 17.6 Å². The third-order valence-electron chi connectivity index (χ3n) is 3.62. The molecule has 0 heterocycles. The average molecular weight is 382 g/mol. The minimum absolute atomic E-state index is 0.228. The lowest BCUT2D eigenvalue weighted by molar-refractivity contribution is -0.392. The molecule has 0 radical (unpaired) electrons. The fourth-order valence-corrected chi connectivity index (χ4v) is 2.18. The summed E-state index contributed by atoms with van der Waals surface area (Å²) in [6.07, 6.45) is -4.98. The van der Waals surface area contributed by atoms with Crippen LogP contribution in [0.2, 0.25) is 0 Å². The zero-order valence-corrected chi connectivity index (χ0v) is 14.1. The largest absolute Gasteiger partial charge is 0.416 e. The fourth-order valence-electron chi connectivity index (χ4n) is 2.18. The third kappa shape index (κ3) is 4.57. The SMILES string of the molecule is C/C(=N/Nc1c([N+](=O)[O-])cc(C(F)(F)F)cc1[N+](=O)[O-])c1ccc(C)cc1. The van der Waals surface area contributed by atoms with Crippen molar-refractivity contribution in [2.45, 2.75) is 20.0 Å². The number of halogens is 3. The van der Waals surface area contributed by atoms with Crippen molar-refractivity contribution in [2.75, 3.05) is 5.43 Å². The zero-order valence-electron chi connectivity index (χ0n) is 14.1. The number of benzene rings is 2. The molecule has 0 saturated heterocycles. The van der Waals surface area contributed by atoms with Crippen LogP contribution in [0.4, 0.5) is 30.2 Å². The highest BCUT2D eigenvalue weighted by molar-refractivity contribution is 5.99. The van der Waals surface area contributed by atoms with Crippen LogP contribution in [0.3, 0.4) is 0 Å². The predicted molar refractivity (Wildman–Crippen MR) is 91.8 cm³/mol. The van der Waals surface area contributed by atoms with Gasteiger partial charge in [0.25, 0.3) is 0 Å². The van der Waals surface area contributed by atoms with Gasteiger partial charge in [-0.05, 0) is 19.4 Å². The summed E-state index contributed by atoms with van der Waals surface area (Å²) < 4.78 is 38.6. The zero-order chi connectivity index (χ0) is 20.4. The lowest BCUT2D eigenvalue weighted by Crippen LogP contribution is -2.10. The molecule has 0 aliphatic carbocycles. The Morgan fingerprint density at radius 3 is 1.93 bits per heavy atom. The first-order chi connectivity index (χ1) is 12.5. The quantitative estimate of drug-likeness (QED) is 0.459. The van der Waals surface area contributed by atoms with Gasteiger partial charge in [0.15, 0.2) is 0 Å². The number of nitrogens with zero attached hydrogens (tertiary/aromatic N) is 3. The number of hydrogen-bond acceptors (Lipinski definition) is 6. The van der Waals surface area contributed by atoms with Gasteiger partial charge in [0.1, 0.15) is 0 Å². The maximum Gasteiger partial charge on any atom is 0.416 e. The number of nitro groups is 2. The van der Waals surface area contributed by atoms with Gasteiger partial charge in [-0.2, -0.15) is 18.3 Å². The maximum absolute atomic E-state index is 12.9. The van der Waals surface area contributed by atoms with E-state index in [2.05, 4.69) is 10.5 Å². The molecule has 0 aliphatic rings. The molecule has 0 spiro atoms. The highest BCUT2D eigenvalue weighted by atomic mass is 19.4. The van der Waals surface area contributed by atoms with E-state index >= 15 is 0 Å². The van der Waals surface area contributed by atoms with Crippen LogP contribution in [0.1, 0.15) is 23.6 Å². The summed E-state index contributed by atoms with van der Waals surface area (Å²) in [5, 5.41) is 26.2. The van der Waals surface area contributed by atoms with Crippen molar-refractivity contribution >= 4 is 22.8 Å². The molecule has 0 aromatic heterocycles. The van der Waals surface area contributed by atoms with Gasteiger partial charge < -0.3 is 0 Å². The number of nitro benzene ring substituents is 2. The summed E-state index contributed by atoms with van der Waals surface area (Å²) in [5.74, 6) is 0. The van der Waals surface area contributed by atoms with Gasteiger partial charge in [-0.25, -0.2) is 0 Å². The van der Waals surface area contributed by atoms with Crippen molar-refractivity contribution in [3.8, 4) is 0 Å². The first kappa shape index (κ1) is 19.8. The molecule has 0 aliphatic heterocycles. The lowest BCUT2D eigenvalue weighted by atomic mass is 10.1. The minimum Gasteiger partial charge on any atom is -0.266 e. The molecule has 2 rings (SSSR count). The molecule has 11 heteroatoms. The summed E-state index contributed by atoms with van der Waals surface area (Å²) in [7, 11) is 0. The topological polar surface area (TPSA) is 111 Å². The molecule has 2 aromatic rings. The van der Waals surface area contributed by atoms with E-state index in [9.17, 15) is 33.4 Å². The first-order valence-electron chi connectivity index (χ1n) is 7.42. The smallest absolute Gasteiger partial charge is 0.266 e. The fraction of sp³-hybridized carbons (Fsp3) is 0.188. The van der Waals surface area contributed by atoms with Gasteiger partial charge in [0.05, 0.1) is 21.1 Å². The van der Waals surface area contributed by atoms with E-state index in [1.54, 1.807) is 31.2 Å². The molecule has 142 valence electrons. The molecule has 2 aromatic carbocycles. The Hall–Kier alpha value is -3.50. The lowest BCUT2D eigenvalue weighted by Gasteiger charge is -2.10. The second-order valence-corrected chi connectivity index (χ2v) is 5.58. The normalized spacial score (nSPS) is 12.0. The van der Waals surface area contributed by atoms with Crippen LogP contribution >= 0.6 is 0 Å². The van der Waals surface area contributed by atoms with Gasteiger partial charge in [-0.3, -0.25) is 25.7 Å². The molecule has 0 amide bonds. The molecule has 8 nitrogen and oxygen atoms in total. The number of hydrogen-bond donors (Lipinski definition) is 1. The highest BCUT2D eigenvalue weighted by Crippen LogP contribution is 2.41. The molecule has 0 fully saturated rings.